The number of aliphatic hydroxyl groups excluding tert-OH is 1. The maximum absolute atomic E-state index is 11.2. The van der Waals surface area contributed by atoms with E-state index in [1.807, 2.05) is 47.6 Å². The number of ether oxygens (including phenoxy) is 5. The van der Waals surface area contributed by atoms with Gasteiger partial charge in [-0.3, -0.25) is 0 Å². The molecule has 0 bridgehead atoms. The molecule has 0 radical (unpaired) electrons. The molecule has 0 aromatic carbocycles. The molecule has 0 saturated heterocycles. The van der Waals surface area contributed by atoms with Gasteiger partial charge in [0.05, 0.1) is 25.2 Å². The highest BCUT2D eigenvalue weighted by Gasteiger charge is 2.16. The van der Waals surface area contributed by atoms with Crippen LogP contribution in [0.3, 0.4) is 0 Å². The molecular weight excluding hydrogens is 624 g/mol. The number of hydrogen-bond acceptors (Lipinski definition) is 12. The molecule has 0 heterocycles. The smallest absolute Gasteiger partial charge is 0.407 e. The highest BCUT2D eigenvalue weighted by atomic mass is 16.6. The predicted octanol–water partition coefficient (Wildman–Crippen LogP) is 4.69. The first-order valence-electron chi connectivity index (χ1n) is 16.0. The largest absolute Gasteiger partial charge is 0.444 e. The summed E-state index contributed by atoms with van der Waals surface area (Å²) in [5.41, 5.74) is 3.95. The Hall–Kier alpha value is -3.63. The van der Waals surface area contributed by atoms with Gasteiger partial charge in [-0.25, -0.2) is 14.4 Å². The average molecular weight is 689 g/mol. The van der Waals surface area contributed by atoms with Crippen molar-refractivity contribution >= 4 is 18.3 Å². The van der Waals surface area contributed by atoms with E-state index >= 15 is 0 Å². The number of allylic oxidation sites excluding steroid dienone is 1. The Labute approximate surface area is 288 Å². The average Bonchev–Trinajstić information content (AvgIpc) is 2.94. The molecule has 3 amide bonds. The van der Waals surface area contributed by atoms with Gasteiger partial charge >= 0.3 is 18.3 Å². The van der Waals surface area contributed by atoms with Gasteiger partial charge in [0.25, 0.3) is 0 Å². The van der Waals surface area contributed by atoms with Crippen LogP contribution in [0, 0.1) is 22.7 Å². The van der Waals surface area contributed by atoms with Crippen LogP contribution in [0.5, 0.6) is 0 Å². The van der Waals surface area contributed by atoms with E-state index in [1.165, 1.54) is 6.08 Å². The van der Waals surface area contributed by atoms with Crippen LogP contribution in [0.1, 0.15) is 94.4 Å². The third-order valence-electron chi connectivity index (χ3n) is 4.21. The van der Waals surface area contributed by atoms with Crippen LogP contribution in [0.4, 0.5) is 14.4 Å². The molecule has 0 aliphatic rings. The molecule has 0 spiro atoms. The van der Waals surface area contributed by atoms with E-state index < -0.39 is 29.0 Å². The molecule has 6 N–H and O–H groups in total. The van der Waals surface area contributed by atoms with E-state index in [4.69, 9.17) is 45.0 Å². The van der Waals surface area contributed by atoms with Crippen molar-refractivity contribution < 1.29 is 43.2 Å². The molecule has 15 heteroatoms. The zero-order valence-corrected chi connectivity index (χ0v) is 30.9. The molecule has 0 aromatic heterocycles. The Kier molecular flexibility index (Phi) is 35.5. The van der Waals surface area contributed by atoms with Crippen LogP contribution in [0.2, 0.25) is 0 Å². The van der Waals surface area contributed by atoms with Gasteiger partial charge in [0.15, 0.2) is 0 Å². The molecule has 0 aromatic rings. The van der Waals surface area contributed by atoms with Gasteiger partial charge in [-0.1, -0.05) is 6.58 Å². The summed E-state index contributed by atoms with van der Waals surface area (Å²) in [6.07, 6.45) is 3.28. The molecule has 0 saturated carbocycles. The number of carbonyl (C=O) groups excluding carboxylic acids is 3. The number of nitrogens with two attached hydrogens (primary N) is 1. The molecule has 0 aliphatic carbocycles. The summed E-state index contributed by atoms with van der Waals surface area (Å²) in [5, 5.41) is 32.0. The van der Waals surface area contributed by atoms with Crippen molar-refractivity contribution in [3.63, 3.8) is 0 Å². The number of nitrogens with zero attached hydrogens (tertiary/aromatic N) is 2. The zero-order chi connectivity index (χ0) is 37.9. The molecule has 280 valence electrons. The standard InChI is InChI=1S/C11H24N2O3.C11H20N2O3.C8H17NO3.C3H3N/c2*1-11(2,3)16-10(14)13-7-5-9-15-8-4-6-12;1-8(2,3)12-7(11)9-5-4-6-10;1-2-3-4/h4-9,12H2,1-3H3,(H,13,14);4-5,7-9H2,1-3H3,(H,13,14);10H,4-6H2,1-3H3,(H,9,11);2H,1H2. The second-order valence-electron chi connectivity index (χ2n) is 12.7. The van der Waals surface area contributed by atoms with Gasteiger partial charge < -0.3 is 50.5 Å². The molecule has 15 nitrogen and oxygen atoms in total. The summed E-state index contributed by atoms with van der Waals surface area (Å²) in [5.74, 6) is 0. The van der Waals surface area contributed by atoms with Crippen LogP contribution < -0.4 is 21.7 Å². The predicted molar refractivity (Wildman–Crippen MR) is 185 cm³/mol. The van der Waals surface area contributed by atoms with Gasteiger partial charge in [0.2, 0.25) is 0 Å². The SMILES string of the molecule is C=CC#N.CC(C)(C)OC(=O)NCCCO.CC(C)(C)OC(=O)NCCCOCCC#N.CC(C)(C)OC(=O)NCCCOCCCN. The molecular formula is C33H64N6O9. The van der Waals surface area contributed by atoms with Crippen molar-refractivity contribution in [2.45, 2.75) is 111 Å². The first-order valence-corrected chi connectivity index (χ1v) is 16.0. The number of aliphatic hydroxyl groups is 1. The Morgan fingerprint density at radius 2 is 1.02 bits per heavy atom. The fourth-order valence-corrected chi connectivity index (χ4v) is 2.45. The van der Waals surface area contributed by atoms with E-state index in [0.29, 0.717) is 71.9 Å². The maximum atomic E-state index is 11.2. The summed E-state index contributed by atoms with van der Waals surface area (Å²) in [6.45, 7) is 24.1. The van der Waals surface area contributed by atoms with Crippen molar-refractivity contribution in [2.24, 2.45) is 5.73 Å². The van der Waals surface area contributed by atoms with Crippen molar-refractivity contribution in [1.29, 1.82) is 10.5 Å². The minimum absolute atomic E-state index is 0.0792. The van der Waals surface area contributed by atoms with Gasteiger partial charge in [0, 0.05) is 52.1 Å². The quantitative estimate of drug-likeness (QED) is 0.0845. The lowest BCUT2D eigenvalue weighted by Gasteiger charge is -2.19. The molecule has 0 aliphatic heterocycles. The number of carbonyl (C=O) groups is 3. The third kappa shape index (κ3) is 58.0. The number of rotatable bonds is 16. The van der Waals surface area contributed by atoms with E-state index in [2.05, 4.69) is 22.5 Å². The van der Waals surface area contributed by atoms with E-state index in [1.54, 1.807) is 26.8 Å². The molecule has 0 unspecified atom stereocenters. The van der Waals surface area contributed by atoms with Crippen LogP contribution in [0.25, 0.3) is 0 Å². The third-order valence-corrected chi connectivity index (χ3v) is 4.21. The fraction of sp³-hybridized carbons (Fsp3) is 0.788. The van der Waals surface area contributed by atoms with Gasteiger partial charge in [0.1, 0.15) is 16.8 Å². The van der Waals surface area contributed by atoms with E-state index in [0.717, 1.165) is 12.8 Å². The summed E-state index contributed by atoms with van der Waals surface area (Å²) < 4.78 is 25.5. The summed E-state index contributed by atoms with van der Waals surface area (Å²) in [7, 11) is 0. The molecule has 0 fully saturated rings. The highest BCUT2D eigenvalue weighted by molar-refractivity contribution is 5.68. The zero-order valence-electron chi connectivity index (χ0n) is 30.9. The summed E-state index contributed by atoms with van der Waals surface area (Å²) in [4.78, 5) is 33.3. The minimum atomic E-state index is -0.465. The van der Waals surface area contributed by atoms with E-state index in [-0.39, 0.29) is 12.7 Å². The minimum Gasteiger partial charge on any atom is -0.444 e. The monoisotopic (exact) mass is 688 g/mol. The number of hydrogen-bond donors (Lipinski definition) is 5. The summed E-state index contributed by atoms with van der Waals surface area (Å²) >= 11 is 0. The van der Waals surface area contributed by atoms with E-state index in [9.17, 15) is 14.4 Å². The van der Waals surface area contributed by atoms with Crippen molar-refractivity contribution in [3.05, 3.63) is 12.7 Å². The van der Waals surface area contributed by atoms with Gasteiger partial charge in [-0.05, 0) is 94.5 Å². The highest BCUT2D eigenvalue weighted by Crippen LogP contribution is 2.07. The Morgan fingerprint density at radius 3 is 1.31 bits per heavy atom. The van der Waals surface area contributed by atoms with Crippen molar-refractivity contribution in [3.8, 4) is 12.1 Å². The molecule has 0 atom stereocenters. The van der Waals surface area contributed by atoms with Crippen LogP contribution in [0.15, 0.2) is 12.7 Å². The van der Waals surface area contributed by atoms with Crippen LogP contribution in [-0.2, 0) is 23.7 Å². The lowest BCUT2D eigenvalue weighted by molar-refractivity contribution is 0.0508. The Balaban J connectivity index is -0.000000288. The molecule has 0 rings (SSSR count). The Morgan fingerprint density at radius 1 is 0.688 bits per heavy atom. The first-order chi connectivity index (χ1) is 22.3. The van der Waals surface area contributed by atoms with Crippen LogP contribution >= 0.6 is 0 Å². The normalized spacial score (nSPS) is 10.4. The molecule has 48 heavy (non-hydrogen) atoms. The summed E-state index contributed by atoms with van der Waals surface area (Å²) in [6, 6.07) is 3.68. The second kappa shape index (κ2) is 33.3. The first kappa shape index (κ1) is 51.2. The number of nitriles is 2. The Bertz CT molecular complexity index is 900. The van der Waals surface area contributed by atoms with Crippen molar-refractivity contribution in [2.75, 3.05) is 59.2 Å². The number of alkyl carbamates (subject to hydrolysis) is 3. The second-order valence-corrected chi connectivity index (χ2v) is 12.7. The lowest BCUT2D eigenvalue weighted by Crippen LogP contribution is -2.33. The number of amides is 3. The van der Waals surface area contributed by atoms with Gasteiger partial charge in [-0.2, -0.15) is 10.5 Å². The fourth-order valence-electron chi connectivity index (χ4n) is 2.45. The topological polar surface area (TPSA) is 227 Å². The lowest BCUT2D eigenvalue weighted by atomic mass is 10.2. The van der Waals surface area contributed by atoms with Gasteiger partial charge in [-0.15, -0.1) is 0 Å². The number of nitrogens with one attached hydrogen (secondary N) is 3. The maximum Gasteiger partial charge on any atom is 0.407 e. The van der Waals surface area contributed by atoms with Crippen LogP contribution in [-0.4, -0.2) is 99.4 Å². The van der Waals surface area contributed by atoms with Crippen molar-refractivity contribution in [1.82, 2.24) is 16.0 Å².